The number of ketones is 1. The van der Waals surface area contributed by atoms with Gasteiger partial charge in [-0.15, -0.1) is 0 Å². The van der Waals surface area contributed by atoms with Gasteiger partial charge in [-0.3, -0.25) is 9.78 Å². The highest BCUT2D eigenvalue weighted by Crippen LogP contribution is 2.24. The maximum absolute atomic E-state index is 12.4. The molecule has 0 radical (unpaired) electrons. The smallest absolute Gasteiger partial charge is 0.230 e. The fourth-order valence-corrected chi connectivity index (χ4v) is 2.67. The molecule has 3 aromatic heterocycles. The number of carbonyl (C=O) groups excluding carboxylic acids is 1. The van der Waals surface area contributed by atoms with Crippen molar-refractivity contribution in [3.05, 3.63) is 84.3 Å². The second kappa shape index (κ2) is 6.68. The zero-order valence-electron chi connectivity index (χ0n) is 14.0. The first-order chi connectivity index (χ1) is 12.7. The molecule has 0 aliphatic carbocycles. The van der Waals surface area contributed by atoms with Crippen molar-refractivity contribution in [3.63, 3.8) is 0 Å². The first-order valence-corrected chi connectivity index (χ1v) is 8.11. The highest BCUT2D eigenvalue weighted by molar-refractivity contribution is 6.06. The van der Waals surface area contributed by atoms with E-state index in [1.165, 1.54) is 0 Å². The van der Waals surface area contributed by atoms with E-state index in [2.05, 4.69) is 24.9 Å². The van der Waals surface area contributed by atoms with Crippen LogP contribution in [0, 0.1) is 6.92 Å². The van der Waals surface area contributed by atoms with Crippen molar-refractivity contribution >= 4 is 5.78 Å². The molecule has 0 unspecified atom stereocenters. The molecule has 0 aliphatic rings. The number of aryl methyl sites for hydroxylation is 1. The SMILES string of the molecule is Cc1[nH]c(-c2cccnc2)nc1-c1cnc(C(=O)c2ccccc2)nc1. The van der Waals surface area contributed by atoms with E-state index in [9.17, 15) is 4.79 Å². The summed E-state index contributed by atoms with van der Waals surface area (Å²) in [7, 11) is 0. The molecular weight excluding hydrogens is 326 g/mol. The summed E-state index contributed by atoms with van der Waals surface area (Å²) in [6.45, 7) is 1.94. The van der Waals surface area contributed by atoms with Crippen molar-refractivity contribution in [2.24, 2.45) is 0 Å². The lowest BCUT2D eigenvalue weighted by Crippen LogP contribution is -2.06. The molecular formula is C20H15N5O. The summed E-state index contributed by atoms with van der Waals surface area (Å²) in [5.41, 5.74) is 3.87. The van der Waals surface area contributed by atoms with Gasteiger partial charge in [0.05, 0.1) is 5.69 Å². The number of nitrogens with zero attached hydrogens (tertiary/aromatic N) is 4. The van der Waals surface area contributed by atoms with Crippen molar-refractivity contribution in [2.75, 3.05) is 0 Å². The lowest BCUT2D eigenvalue weighted by atomic mass is 10.1. The van der Waals surface area contributed by atoms with Crippen molar-refractivity contribution in [2.45, 2.75) is 6.92 Å². The van der Waals surface area contributed by atoms with E-state index in [0.717, 1.165) is 28.3 Å². The lowest BCUT2D eigenvalue weighted by molar-refractivity contribution is 0.102. The lowest BCUT2D eigenvalue weighted by Gasteiger charge is -2.01. The zero-order chi connectivity index (χ0) is 17.9. The van der Waals surface area contributed by atoms with Gasteiger partial charge in [0, 0.05) is 47.2 Å². The Labute approximate surface area is 150 Å². The van der Waals surface area contributed by atoms with Crippen LogP contribution >= 0.6 is 0 Å². The molecule has 4 rings (SSSR count). The maximum Gasteiger partial charge on any atom is 0.230 e. The third-order valence-electron chi connectivity index (χ3n) is 3.98. The van der Waals surface area contributed by atoms with E-state index in [0.29, 0.717) is 5.56 Å². The fraction of sp³-hybridized carbons (Fsp3) is 0.0500. The topological polar surface area (TPSA) is 84.4 Å². The average Bonchev–Trinajstić information content (AvgIpc) is 3.10. The normalized spacial score (nSPS) is 10.7. The Morgan fingerprint density at radius 2 is 1.69 bits per heavy atom. The van der Waals surface area contributed by atoms with Gasteiger partial charge in [0.1, 0.15) is 5.82 Å². The van der Waals surface area contributed by atoms with Crippen LogP contribution < -0.4 is 0 Å². The van der Waals surface area contributed by atoms with Crippen LogP contribution in [0.15, 0.2) is 67.3 Å². The molecule has 26 heavy (non-hydrogen) atoms. The average molecular weight is 341 g/mol. The predicted molar refractivity (Wildman–Crippen MR) is 97.5 cm³/mol. The molecule has 0 aliphatic heterocycles. The highest BCUT2D eigenvalue weighted by atomic mass is 16.1. The summed E-state index contributed by atoms with van der Waals surface area (Å²) in [5.74, 6) is 0.697. The van der Waals surface area contributed by atoms with Crippen molar-refractivity contribution < 1.29 is 4.79 Å². The van der Waals surface area contributed by atoms with Crippen LogP contribution in [0.3, 0.4) is 0 Å². The molecule has 1 N–H and O–H groups in total. The first kappa shape index (κ1) is 15.8. The molecule has 1 aromatic carbocycles. The third kappa shape index (κ3) is 3.00. The zero-order valence-corrected chi connectivity index (χ0v) is 14.0. The first-order valence-electron chi connectivity index (χ1n) is 8.11. The second-order valence-corrected chi connectivity index (χ2v) is 5.79. The minimum absolute atomic E-state index is 0.167. The Morgan fingerprint density at radius 3 is 2.38 bits per heavy atom. The minimum Gasteiger partial charge on any atom is -0.341 e. The van der Waals surface area contributed by atoms with Gasteiger partial charge in [0.15, 0.2) is 0 Å². The molecule has 0 amide bonds. The molecule has 0 saturated carbocycles. The van der Waals surface area contributed by atoms with Gasteiger partial charge < -0.3 is 4.98 Å². The van der Waals surface area contributed by atoms with E-state index in [4.69, 9.17) is 0 Å². The molecule has 3 heterocycles. The Balaban J connectivity index is 1.64. The Morgan fingerprint density at radius 1 is 0.923 bits per heavy atom. The molecule has 0 bridgehead atoms. The van der Waals surface area contributed by atoms with E-state index in [1.54, 1.807) is 36.9 Å². The number of carbonyl (C=O) groups is 1. The summed E-state index contributed by atoms with van der Waals surface area (Å²) in [6.07, 6.45) is 6.72. The number of aromatic nitrogens is 5. The Bertz CT molecular complexity index is 1040. The van der Waals surface area contributed by atoms with E-state index in [1.807, 2.05) is 37.3 Å². The van der Waals surface area contributed by atoms with Gasteiger partial charge in [-0.25, -0.2) is 15.0 Å². The number of pyridine rings is 1. The van der Waals surface area contributed by atoms with Crippen LogP contribution in [0.2, 0.25) is 0 Å². The quantitative estimate of drug-likeness (QED) is 0.575. The number of nitrogens with one attached hydrogen (secondary N) is 1. The number of H-pyrrole nitrogens is 1. The Kier molecular flexibility index (Phi) is 4.07. The monoisotopic (exact) mass is 341 g/mol. The van der Waals surface area contributed by atoms with Crippen molar-refractivity contribution in [3.8, 4) is 22.6 Å². The molecule has 6 heteroatoms. The number of hydrogen-bond donors (Lipinski definition) is 1. The largest absolute Gasteiger partial charge is 0.341 e. The van der Waals surface area contributed by atoms with Gasteiger partial charge in [-0.05, 0) is 19.1 Å². The van der Waals surface area contributed by atoms with Gasteiger partial charge in [-0.1, -0.05) is 30.3 Å². The highest BCUT2D eigenvalue weighted by Gasteiger charge is 2.15. The molecule has 0 spiro atoms. The number of imidazole rings is 1. The molecule has 0 fully saturated rings. The van der Waals surface area contributed by atoms with Gasteiger partial charge in [0.25, 0.3) is 0 Å². The van der Waals surface area contributed by atoms with Crippen LogP contribution in [0.4, 0.5) is 0 Å². The molecule has 126 valence electrons. The maximum atomic E-state index is 12.4. The van der Waals surface area contributed by atoms with Gasteiger partial charge >= 0.3 is 0 Å². The molecule has 0 atom stereocenters. The number of rotatable bonds is 4. The second-order valence-electron chi connectivity index (χ2n) is 5.79. The Hall–Kier alpha value is -3.67. The van der Waals surface area contributed by atoms with E-state index >= 15 is 0 Å². The van der Waals surface area contributed by atoms with Crippen LogP contribution in [0.5, 0.6) is 0 Å². The van der Waals surface area contributed by atoms with Crippen molar-refractivity contribution in [1.82, 2.24) is 24.9 Å². The number of hydrogen-bond acceptors (Lipinski definition) is 5. The third-order valence-corrected chi connectivity index (χ3v) is 3.98. The molecule has 0 saturated heterocycles. The van der Waals surface area contributed by atoms with Gasteiger partial charge in [-0.2, -0.15) is 0 Å². The van der Waals surface area contributed by atoms with Crippen molar-refractivity contribution in [1.29, 1.82) is 0 Å². The predicted octanol–water partition coefficient (Wildman–Crippen LogP) is 3.47. The van der Waals surface area contributed by atoms with E-state index < -0.39 is 0 Å². The summed E-state index contributed by atoms with van der Waals surface area (Å²) < 4.78 is 0. The minimum atomic E-state index is -0.202. The summed E-state index contributed by atoms with van der Waals surface area (Å²) >= 11 is 0. The van der Waals surface area contributed by atoms with E-state index in [-0.39, 0.29) is 11.6 Å². The summed E-state index contributed by atoms with van der Waals surface area (Å²) in [6, 6.07) is 12.8. The van der Waals surface area contributed by atoms with Crippen LogP contribution in [0.25, 0.3) is 22.6 Å². The van der Waals surface area contributed by atoms with Crippen LogP contribution in [-0.2, 0) is 0 Å². The van der Waals surface area contributed by atoms with Crippen LogP contribution in [-0.4, -0.2) is 30.7 Å². The molecule has 4 aromatic rings. The van der Waals surface area contributed by atoms with Crippen LogP contribution in [0.1, 0.15) is 21.9 Å². The number of benzene rings is 1. The summed E-state index contributed by atoms with van der Waals surface area (Å²) in [4.78, 5) is 32.8. The summed E-state index contributed by atoms with van der Waals surface area (Å²) in [5, 5.41) is 0. The fourth-order valence-electron chi connectivity index (χ4n) is 2.67. The number of aromatic amines is 1. The molecule has 6 nitrogen and oxygen atoms in total. The standard InChI is InChI=1S/C20H15N5O/c1-13-17(25-19(24-13)15-8-5-9-21-10-15)16-11-22-20(23-12-16)18(26)14-6-3-2-4-7-14/h2-12H,1H3,(H,24,25). The van der Waals surface area contributed by atoms with Gasteiger partial charge in [0.2, 0.25) is 11.6 Å².